The molecule has 1 amide bonds. The van der Waals surface area contributed by atoms with Crippen molar-refractivity contribution in [2.75, 3.05) is 6.54 Å². The number of carboxylic acid groups (broad SMARTS) is 1. The smallest absolute Gasteiger partial charge is 0.411 e. The van der Waals surface area contributed by atoms with Crippen LogP contribution in [-0.4, -0.2) is 40.3 Å². The normalized spacial score (nSPS) is 36.2. The van der Waals surface area contributed by atoms with E-state index in [-0.39, 0.29) is 5.41 Å². The van der Waals surface area contributed by atoms with E-state index in [9.17, 15) is 14.7 Å². The molecule has 0 aromatic carbocycles. The van der Waals surface area contributed by atoms with Crippen LogP contribution in [0.2, 0.25) is 0 Å². The van der Waals surface area contributed by atoms with Crippen molar-refractivity contribution in [2.24, 2.45) is 17.3 Å². The van der Waals surface area contributed by atoms with Gasteiger partial charge in [-0.25, -0.2) is 9.59 Å². The first-order valence-corrected chi connectivity index (χ1v) is 7.44. The molecule has 3 atom stereocenters. The summed E-state index contributed by atoms with van der Waals surface area (Å²) in [6.45, 7) is 5.96. The van der Waals surface area contributed by atoms with E-state index in [0.29, 0.717) is 18.9 Å². The van der Waals surface area contributed by atoms with Crippen LogP contribution in [0.25, 0.3) is 0 Å². The maximum absolute atomic E-state index is 12.2. The minimum Gasteiger partial charge on any atom is -0.480 e. The minimum atomic E-state index is -0.908. The summed E-state index contributed by atoms with van der Waals surface area (Å²) in [5, 5.41) is 9.38. The Bertz CT molecular complexity index is 451. The van der Waals surface area contributed by atoms with Crippen molar-refractivity contribution in [2.45, 2.75) is 58.1 Å². The lowest BCUT2D eigenvalue weighted by molar-refractivity contribution is -0.142. The van der Waals surface area contributed by atoms with Crippen LogP contribution >= 0.6 is 0 Å². The molecule has 5 nitrogen and oxygen atoms in total. The third kappa shape index (κ3) is 2.38. The molecule has 1 spiro atoms. The molecule has 112 valence electrons. The molecule has 0 bridgehead atoms. The van der Waals surface area contributed by atoms with Gasteiger partial charge in [0.2, 0.25) is 0 Å². The second kappa shape index (κ2) is 4.12. The summed E-state index contributed by atoms with van der Waals surface area (Å²) in [5.41, 5.74) is -0.517. The second-order valence-corrected chi connectivity index (χ2v) is 7.68. The summed E-state index contributed by atoms with van der Waals surface area (Å²) >= 11 is 0. The predicted octanol–water partition coefficient (Wildman–Crippen LogP) is 2.50. The molecule has 2 aliphatic carbocycles. The molecule has 0 unspecified atom stereocenters. The van der Waals surface area contributed by atoms with Gasteiger partial charge in [0.05, 0.1) is 0 Å². The number of carboxylic acids is 1. The highest BCUT2D eigenvalue weighted by molar-refractivity contribution is 5.81. The van der Waals surface area contributed by atoms with E-state index in [4.69, 9.17) is 4.74 Å². The summed E-state index contributed by atoms with van der Waals surface area (Å²) in [7, 11) is 0. The van der Waals surface area contributed by atoms with Crippen LogP contribution in [-0.2, 0) is 9.53 Å². The van der Waals surface area contributed by atoms with Crippen LogP contribution in [0.5, 0.6) is 0 Å². The summed E-state index contributed by atoms with van der Waals surface area (Å²) in [4.78, 5) is 25.1. The maximum Gasteiger partial charge on any atom is 0.411 e. The largest absolute Gasteiger partial charge is 0.480 e. The Morgan fingerprint density at radius 1 is 1.25 bits per heavy atom. The van der Waals surface area contributed by atoms with Crippen molar-refractivity contribution in [3.63, 3.8) is 0 Å². The highest BCUT2D eigenvalue weighted by Gasteiger charge is 2.66. The number of rotatable bonds is 2. The molecule has 0 aromatic heterocycles. The quantitative estimate of drug-likeness (QED) is 0.844. The summed E-state index contributed by atoms with van der Waals surface area (Å²) < 4.78 is 5.36. The van der Waals surface area contributed by atoms with Crippen molar-refractivity contribution in [3.05, 3.63) is 0 Å². The fourth-order valence-corrected chi connectivity index (χ4v) is 3.70. The number of hydrogen-bond acceptors (Lipinski definition) is 3. The third-order valence-electron chi connectivity index (χ3n) is 4.82. The fraction of sp³-hybridized carbons (Fsp3) is 0.867. The first-order valence-electron chi connectivity index (χ1n) is 7.44. The maximum atomic E-state index is 12.2. The number of hydrogen-bond donors (Lipinski definition) is 1. The van der Waals surface area contributed by atoms with E-state index < -0.39 is 23.7 Å². The number of carbonyl (C=O) groups is 2. The van der Waals surface area contributed by atoms with E-state index in [0.717, 1.165) is 12.3 Å². The van der Waals surface area contributed by atoms with Crippen molar-refractivity contribution < 1.29 is 19.4 Å². The fourth-order valence-electron chi connectivity index (χ4n) is 3.70. The van der Waals surface area contributed by atoms with Crippen LogP contribution in [0.4, 0.5) is 4.79 Å². The van der Waals surface area contributed by atoms with Gasteiger partial charge in [-0.2, -0.15) is 0 Å². The Hall–Kier alpha value is -1.26. The molecule has 1 heterocycles. The highest BCUT2D eigenvalue weighted by atomic mass is 16.6. The van der Waals surface area contributed by atoms with Crippen LogP contribution in [0.15, 0.2) is 0 Å². The Labute approximate surface area is 119 Å². The van der Waals surface area contributed by atoms with E-state index in [1.807, 2.05) is 0 Å². The average Bonchev–Trinajstić information content (AvgIpc) is 3.13. The van der Waals surface area contributed by atoms with Crippen molar-refractivity contribution >= 4 is 12.1 Å². The zero-order valence-electron chi connectivity index (χ0n) is 12.4. The van der Waals surface area contributed by atoms with E-state index in [1.165, 1.54) is 17.7 Å². The van der Waals surface area contributed by atoms with Gasteiger partial charge in [-0.3, -0.25) is 4.90 Å². The Morgan fingerprint density at radius 3 is 2.40 bits per heavy atom. The Kier molecular flexibility index (Phi) is 2.82. The molecule has 0 radical (unpaired) electrons. The number of likely N-dealkylation sites (tertiary alicyclic amines) is 1. The van der Waals surface area contributed by atoms with E-state index >= 15 is 0 Å². The van der Waals surface area contributed by atoms with Crippen LogP contribution in [0, 0.1) is 17.3 Å². The SMILES string of the molecule is CC(C)(C)OC(=O)N1C[C@]2(C[C@H]1C(=O)O)C[C@H]2C1CC1. The molecule has 20 heavy (non-hydrogen) atoms. The van der Waals surface area contributed by atoms with Crippen LogP contribution < -0.4 is 0 Å². The standard InChI is InChI=1S/C15H23NO4/c1-14(2,3)20-13(19)16-8-15(7-11(16)12(17)18)6-10(15)9-4-5-9/h9-11H,4-8H2,1-3H3,(H,17,18)/t10-,11-,15+/m0/s1. The van der Waals surface area contributed by atoms with E-state index in [2.05, 4.69) is 0 Å². The summed E-state index contributed by atoms with van der Waals surface area (Å²) in [6, 6.07) is -0.714. The lowest BCUT2D eigenvalue weighted by Crippen LogP contribution is -2.43. The predicted molar refractivity (Wildman–Crippen MR) is 72.2 cm³/mol. The van der Waals surface area contributed by atoms with E-state index in [1.54, 1.807) is 20.8 Å². The van der Waals surface area contributed by atoms with Gasteiger partial charge in [0.1, 0.15) is 11.6 Å². The average molecular weight is 281 g/mol. The summed E-state index contributed by atoms with van der Waals surface area (Å²) in [6.07, 6.45) is 3.75. The molecule has 3 fully saturated rings. The van der Waals surface area contributed by atoms with Crippen molar-refractivity contribution in [1.29, 1.82) is 0 Å². The number of aliphatic carboxylic acids is 1. The van der Waals surface area contributed by atoms with Crippen molar-refractivity contribution in [1.82, 2.24) is 4.90 Å². The number of nitrogens with zero attached hydrogens (tertiary/aromatic N) is 1. The number of carbonyl (C=O) groups excluding carboxylic acids is 1. The number of ether oxygens (including phenoxy) is 1. The first-order chi connectivity index (χ1) is 9.22. The van der Waals surface area contributed by atoms with Crippen molar-refractivity contribution in [3.8, 4) is 0 Å². The molecule has 2 saturated carbocycles. The van der Waals surface area contributed by atoms with Gasteiger partial charge in [-0.05, 0) is 63.7 Å². The number of amides is 1. The molecular formula is C15H23NO4. The molecule has 1 N–H and O–H groups in total. The van der Waals surface area contributed by atoms with Gasteiger partial charge in [0, 0.05) is 6.54 Å². The monoisotopic (exact) mass is 281 g/mol. The van der Waals surface area contributed by atoms with Gasteiger partial charge in [0.25, 0.3) is 0 Å². The molecule has 1 saturated heterocycles. The zero-order valence-corrected chi connectivity index (χ0v) is 12.4. The van der Waals surface area contributed by atoms with Gasteiger partial charge in [-0.1, -0.05) is 0 Å². The van der Waals surface area contributed by atoms with Gasteiger partial charge < -0.3 is 9.84 Å². The molecular weight excluding hydrogens is 258 g/mol. The minimum absolute atomic E-state index is 0.0706. The molecule has 1 aliphatic heterocycles. The Morgan fingerprint density at radius 2 is 1.90 bits per heavy atom. The second-order valence-electron chi connectivity index (χ2n) is 7.68. The highest BCUT2D eigenvalue weighted by Crippen LogP contribution is 2.67. The van der Waals surface area contributed by atoms with Gasteiger partial charge in [-0.15, -0.1) is 0 Å². The third-order valence-corrected chi connectivity index (χ3v) is 4.82. The topological polar surface area (TPSA) is 66.8 Å². The molecule has 5 heteroatoms. The first kappa shape index (κ1) is 13.7. The lowest BCUT2D eigenvalue weighted by Gasteiger charge is -2.26. The zero-order chi connectivity index (χ0) is 14.7. The Balaban J connectivity index is 1.72. The van der Waals surface area contributed by atoms with Crippen LogP contribution in [0.1, 0.15) is 46.5 Å². The van der Waals surface area contributed by atoms with Gasteiger partial charge in [0.15, 0.2) is 0 Å². The van der Waals surface area contributed by atoms with Gasteiger partial charge >= 0.3 is 12.1 Å². The van der Waals surface area contributed by atoms with Crippen LogP contribution in [0.3, 0.4) is 0 Å². The molecule has 3 aliphatic rings. The molecule has 3 rings (SSSR count). The lowest BCUT2D eigenvalue weighted by atomic mass is 9.98. The molecule has 0 aromatic rings. The summed E-state index contributed by atoms with van der Waals surface area (Å²) in [5.74, 6) is 0.508.